The third-order valence-corrected chi connectivity index (χ3v) is 5.42. The Labute approximate surface area is 137 Å². The number of halogens is 1. The summed E-state index contributed by atoms with van der Waals surface area (Å²) in [5, 5.41) is 4.81. The van der Waals surface area contributed by atoms with Crippen LogP contribution in [0, 0.1) is 0 Å². The van der Waals surface area contributed by atoms with E-state index in [1.165, 1.54) is 12.8 Å². The van der Waals surface area contributed by atoms with Crippen LogP contribution in [0.25, 0.3) is 0 Å². The third-order valence-electron chi connectivity index (χ3n) is 5.23. The molecule has 6 heteroatoms. The number of amides is 1. The highest BCUT2D eigenvalue weighted by molar-refractivity contribution is 6.30. The number of carbonyl (C=O) groups excluding carboxylic acids is 1. The first kappa shape index (κ1) is 15.8. The smallest absolute Gasteiger partial charge is 0.250 e. The van der Waals surface area contributed by atoms with E-state index in [9.17, 15) is 4.79 Å². The van der Waals surface area contributed by atoms with Crippen LogP contribution < -0.4 is 0 Å². The van der Waals surface area contributed by atoms with E-state index < -0.39 is 5.54 Å². The van der Waals surface area contributed by atoms with Gasteiger partial charge in [-0.15, -0.1) is 0 Å². The van der Waals surface area contributed by atoms with Gasteiger partial charge in [0.05, 0.1) is 11.2 Å². The number of nitrogens with zero attached hydrogens (tertiary/aromatic N) is 4. The summed E-state index contributed by atoms with van der Waals surface area (Å²) < 4.78 is 1.69. The Morgan fingerprint density at radius 3 is 2.55 bits per heavy atom. The number of aromatic nitrogens is 2. The quantitative estimate of drug-likeness (QED) is 0.857. The second-order valence-electron chi connectivity index (χ2n) is 7.06. The van der Waals surface area contributed by atoms with E-state index in [-0.39, 0.29) is 5.91 Å². The fraction of sp³-hybridized carbons (Fsp3) is 0.750. The minimum absolute atomic E-state index is 0.148. The molecular weight excluding hydrogens is 300 g/mol. The largest absolute Gasteiger partial charge is 0.336 e. The van der Waals surface area contributed by atoms with E-state index >= 15 is 0 Å². The molecule has 0 aromatic carbocycles. The van der Waals surface area contributed by atoms with Gasteiger partial charge in [-0.2, -0.15) is 5.10 Å². The lowest BCUT2D eigenvalue weighted by molar-refractivity contribution is -0.141. The lowest BCUT2D eigenvalue weighted by Crippen LogP contribution is -2.53. The van der Waals surface area contributed by atoms with E-state index in [0.717, 1.165) is 25.9 Å². The maximum absolute atomic E-state index is 13.2. The summed E-state index contributed by atoms with van der Waals surface area (Å²) in [7, 11) is 2.18. The average molecular weight is 325 g/mol. The molecule has 0 radical (unpaired) electrons. The topological polar surface area (TPSA) is 41.4 Å². The number of hydrogen-bond acceptors (Lipinski definition) is 3. The lowest BCUT2D eigenvalue weighted by atomic mass is 9.99. The van der Waals surface area contributed by atoms with Gasteiger partial charge in [0.15, 0.2) is 0 Å². The van der Waals surface area contributed by atoms with Gasteiger partial charge in [-0.1, -0.05) is 11.6 Å². The zero-order valence-corrected chi connectivity index (χ0v) is 14.4. The van der Waals surface area contributed by atoms with Crippen molar-refractivity contribution >= 4 is 17.5 Å². The molecule has 0 unspecified atom stereocenters. The van der Waals surface area contributed by atoms with Crippen LogP contribution in [-0.4, -0.2) is 57.7 Å². The molecule has 22 heavy (non-hydrogen) atoms. The predicted octanol–water partition coefficient (Wildman–Crippen LogP) is 2.36. The van der Waals surface area contributed by atoms with Gasteiger partial charge in [0, 0.05) is 24.8 Å². The number of rotatable bonds is 3. The molecule has 2 aliphatic heterocycles. The van der Waals surface area contributed by atoms with Gasteiger partial charge in [-0.3, -0.25) is 9.48 Å². The molecule has 1 aromatic rings. The molecule has 0 saturated carbocycles. The van der Waals surface area contributed by atoms with Crippen molar-refractivity contribution in [1.29, 1.82) is 0 Å². The Morgan fingerprint density at radius 2 is 1.95 bits per heavy atom. The van der Waals surface area contributed by atoms with Crippen molar-refractivity contribution in [1.82, 2.24) is 19.6 Å². The second kappa shape index (κ2) is 5.85. The van der Waals surface area contributed by atoms with Gasteiger partial charge in [-0.25, -0.2) is 0 Å². The van der Waals surface area contributed by atoms with Crippen LogP contribution in [0.1, 0.15) is 39.5 Å². The highest BCUT2D eigenvalue weighted by Crippen LogP contribution is 2.32. The van der Waals surface area contributed by atoms with Crippen LogP contribution in [0.15, 0.2) is 12.4 Å². The van der Waals surface area contributed by atoms with Crippen LogP contribution in [0.3, 0.4) is 0 Å². The van der Waals surface area contributed by atoms with Crippen LogP contribution in [0.2, 0.25) is 5.02 Å². The van der Waals surface area contributed by atoms with E-state index in [2.05, 4.69) is 21.9 Å². The number of hydrogen-bond donors (Lipinski definition) is 0. The molecule has 2 saturated heterocycles. The fourth-order valence-corrected chi connectivity index (χ4v) is 4.06. The summed E-state index contributed by atoms with van der Waals surface area (Å²) in [6, 6.07) is 0.841. The molecule has 0 bridgehead atoms. The molecule has 2 aliphatic rings. The Balaban J connectivity index is 1.81. The molecule has 1 amide bonds. The number of carbonyl (C=O) groups is 1. The summed E-state index contributed by atoms with van der Waals surface area (Å²) in [6.45, 7) is 5.84. The first-order chi connectivity index (χ1) is 10.4. The summed E-state index contributed by atoms with van der Waals surface area (Å²) in [5.41, 5.74) is -0.701. The van der Waals surface area contributed by atoms with Gasteiger partial charge in [0.2, 0.25) is 5.91 Å². The van der Waals surface area contributed by atoms with Gasteiger partial charge in [0.25, 0.3) is 0 Å². The molecule has 0 N–H and O–H groups in total. The summed E-state index contributed by atoms with van der Waals surface area (Å²) in [6.07, 6.45) is 7.94. The lowest BCUT2D eigenvalue weighted by Gasteiger charge is -2.37. The summed E-state index contributed by atoms with van der Waals surface area (Å²) >= 11 is 5.97. The number of likely N-dealkylation sites (tertiary alicyclic amines) is 2. The van der Waals surface area contributed by atoms with Gasteiger partial charge in [0.1, 0.15) is 5.54 Å². The molecule has 3 rings (SSSR count). The van der Waals surface area contributed by atoms with Gasteiger partial charge in [-0.05, 0) is 53.1 Å². The average Bonchev–Trinajstić information content (AvgIpc) is 3.17. The Morgan fingerprint density at radius 1 is 1.27 bits per heavy atom. The van der Waals surface area contributed by atoms with Gasteiger partial charge >= 0.3 is 0 Å². The third kappa shape index (κ3) is 2.65. The maximum Gasteiger partial charge on any atom is 0.250 e. The van der Waals surface area contributed by atoms with Crippen LogP contribution in [0.5, 0.6) is 0 Å². The highest BCUT2D eigenvalue weighted by Gasteiger charge is 2.43. The molecule has 5 nitrogen and oxygen atoms in total. The Bertz CT molecular complexity index is 556. The van der Waals surface area contributed by atoms with Crippen LogP contribution in [-0.2, 0) is 10.3 Å². The molecule has 1 aromatic heterocycles. The van der Waals surface area contributed by atoms with E-state index in [1.807, 2.05) is 13.8 Å². The first-order valence-electron chi connectivity index (χ1n) is 8.13. The van der Waals surface area contributed by atoms with E-state index in [1.54, 1.807) is 17.1 Å². The Kier molecular flexibility index (Phi) is 4.21. The molecule has 2 atom stereocenters. The number of likely N-dealkylation sites (N-methyl/N-ethyl adjacent to an activating group) is 1. The van der Waals surface area contributed by atoms with Crippen molar-refractivity contribution in [2.75, 3.05) is 20.1 Å². The highest BCUT2D eigenvalue weighted by atomic mass is 35.5. The SMILES string of the molecule is CN1CCC[C@@H]1[C@H]1CCCN1C(=O)C(C)(C)n1cc(Cl)cn1. The maximum atomic E-state index is 13.2. The normalized spacial score (nSPS) is 26.8. The summed E-state index contributed by atoms with van der Waals surface area (Å²) in [4.78, 5) is 17.7. The zero-order chi connectivity index (χ0) is 15.9. The van der Waals surface area contributed by atoms with Crippen molar-refractivity contribution in [3.8, 4) is 0 Å². The standard InChI is InChI=1S/C16H25ClN4O/c1-16(2,21-11-12(17)10-18-21)15(22)20-9-5-7-14(20)13-6-4-8-19(13)3/h10-11,13-14H,4-9H2,1-3H3/t13-,14-/m1/s1. The van der Waals surface area contributed by atoms with E-state index in [0.29, 0.717) is 17.1 Å². The molecule has 0 aliphatic carbocycles. The Hall–Kier alpha value is -1.07. The molecule has 122 valence electrons. The van der Waals surface area contributed by atoms with Crippen molar-refractivity contribution in [3.63, 3.8) is 0 Å². The zero-order valence-electron chi connectivity index (χ0n) is 13.6. The molecule has 0 spiro atoms. The molecular formula is C16H25ClN4O. The summed E-state index contributed by atoms with van der Waals surface area (Å²) in [5.74, 6) is 0.148. The van der Waals surface area contributed by atoms with Crippen LogP contribution in [0.4, 0.5) is 0 Å². The van der Waals surface area contributed by atoms with Crippen molar-refractivity contribution < 1.29 is 4.79 Å². The molecule has 2 fully saturated rings. The first-order valence-corrected chi connectivity index (χ1v) is 8.51. The minimum Gasteiger partial charge on any atom is -0.336 e. The van der Waals surface area contributed by atoms with Crippen LogP contribution >= 0.6 is 11.6 Å². The predicted molar refractivity (Wildman–Crippen MR) is 86.9 cm³/mol. The van der Waals surface area contributed by atoms with Crippen molar-refractivity contribution in [2.24, 2.45) is 0 Å². The monoisotopic (exact) mass is 324 g/mol. The fourth-order valence-electron chi connectivity index (χ4n) is 3.92. The van der Waals surface area contributed by atoms with E-state index in [4.69, 9.17) is 11.6 Å². The molecule has 3 heterocycles. The van der Waals surface area contributed by atoms with Gasteiger partial charge < -0.3 is 9.80 Å². The van der Waals surface area contributed by atoms with Crippen molar-refractivity contribution in [2.45, 2.75) is 57.2 Å². The van der Waals surface area contributed by atoms with Crippen molar-refractivity contribution in [3.05, 3.63) is 17.4 Å². The minimum atomic E-state index is -0.701. The second-order valence-corrected chi connectivity index (χ2v) is 7.50.